The maximum atomic E-state index is 13.9. The van der Waals surface area contributed by atoms with Crippen molar-refractivity contribution < 1.29 is 24.2 Å². The van der Waals surface area contributed by atoms with Crippen molar-refractivity contribution in [1.29, 1.82) is 0 Å². The molecule has 6 rings (SSSR count). The first-order chi connectivity index (χ1) is 20.0. The zero-order chi connectivity index (χ0) is 28.3. The Bertz CT molecular complexity index is 1410. The van der Waals surface area contributed by atoms with E-state index in [0.717, 1.165) is 60.9 Å². The Kier molecular flexibility index (Phi) is 8.11. The number of nitrogens with zero attached hydrogens (tertiary/aromatic N) is 4. The number of carboxylic acid groups (broad SMARTS) is 1. The molecule has 0 bridgehead atoms. The van der Waals surface area contributed by atoms with Gasteiger partial charge in [0.1, 0.15) is 5.82 Å². The molecular weight excluding hydrogens is 540 g/mol. The number of carbonyl (C=O) groups excluding carboxylic acids is 2. The number of benzene rings is 1. The van der Waals surface area contributed by atoms with Crippen molar-refractivity contribution in [1.82, 2.24) is 9.97 Å². The number of hydrogen-bond acceptors (Lipinski definition) is 7. The Hall–Kier alpha value is -3.63. The quantitative estimate of drug-likeness (QED) is 0.338. The molecule has 0 radical (unpaired) electrons. The smallest absolute Gasteiger partial charge is 0.304 e. The van der Waals surface area contributed by atoms with Crippen LogP contribution in [0.2, 0.25) is 0 Å². The topological polar surface area (TPSA) is 113 Å². The second-order valence-electron chi connectivity index (χ2n) is 11.1. The lowest BCUT2D eigenvalue weighted by Crippen LogP contribution is -2.40. The molecule has 41 heavy (non-hydrogen) atoms. The first-order valence-corrected chi connectivity index (χ1v) is 15.3. The van der Waals surface area contributed by atoms with Gasteiger partial charge in [-0.3, -0.25) is 24.2 Å². The van der Waals surface area contributed by atoms with Crippen LogP contribution in [-0.2, 0) is 19.1 Å². The normalized spacial score (nSPS) is 19.8. The molecule has 3 fully saturated rings. The van der Waals surface area contributed by atoms with Gasteiger partial charge in [-0.25, -0.2) is 9.97 Å². The molecule has 2 aliphatic heterocycles. The van der Waals surface area contributed by atoms with Gasteiger partial charge in [-0.15, -0.1) is 11.3 Å². The van der Waals surface area contributed by atoms with Crippen LogP contribution in [0.5, 0.6) is 0 Å². The first kappa shape index (κ1) is 27.5. The lowest BCUT2D eigenvalue weighted by Gasteiger charge is -2.29. The summed E-state index contributed by atoms with van der Waals surface area (Å²) in [5.41, 5.74) is 3.54. The molecule has 1 saturated carbocycles. The fourth-order valence-electron chi connectivity index (χ4n) is 5.80. The van der Waals surface area contributed by atoms with Crippen LogP contribution in [0.15, 0.2) is 48.0 Å². The number of carboxylic acids is 1. The van der Waals surface area contributed by atoms with Gasteiger partial charge >= 0.3 is 5.97 Å². The van der Waals surface area contributed by atoms with E-state index in [2.05, 4.69) is 4.98 Å². The monoisotopic (exact) mass is 574 g/mol. The number of carbonyl (C=O) groups is 3. The standard InChI is InChI=1S/C31H34N4O5S/c36-28-9-5-14-34(28)27-13-10-20(18-32-27)24-7-1-2-8-25(24)26-19-41-31(33-26)35(22-11-12-22)30(39)21(17-29(37)38)16-23-6-3-4-15-40-23/h1-2,7-8,10,13,18-19,21-23H,3-6,9,11-12,14-17H2,(H,37,38)/t21-,23+/m1/s1. The zero-order valence-electron chi connectivity index (χ0n) is 22.9. The molecular formula is C31H34N4O5S. The number of rotatable bonds is 10. The number of pyridine rings is 1. The molecule has 2 aromatic heterocycles. The third-order valence-corrected chi connectivity index (χ3v) is 8.89. The number of anilines is 2. The van der Waals surface area contributed by atoms with E-state index in [-0.39, 0.29) is 30.4 Å². The van der Waals surface area contributed by atoms with Gasteiger partial charge in [0.15, 0.2) is 5.13 Å². The molecule has 3 aromatic rings. The highest BCUT2D eigenvalue weighted by atomic mass is 32.1. The Morgan fingerprint density at radius 2 is 1.93 bits per heavy atom. The largest absolute Gasteiger partial charge is 0.481 e. The number of ether oxygens (including phenoxy) is 1. The average molecular weight is 575 g/mol. The van der Waals surface area contributed by atoms with Gasteiger partial charge in [0.2, 0.25) is 11.8 Å². The van der Waals surface area contributed by atoms with Crippen molar-refractivity contribution in [3.05, 3.63) is 48.0 Å². The summed E-state index contributed by atoms with van der Waals surface area (Å²) in [5, 5.41) is 12.2. The van der Waals surface area contributed by atoms with Crippen molar-refractivity contribution in [2.24, 2.45) is 5.92 Å². The van der Waals surface area contributed by atoms with E-state index in [1.807, 2.05) is 41.8 Å². The summed E-state index contributed by atoms with van der Waals surface area (Å²) in [6, 6.07) is 11.8. The molecule has 10 heteroatoms. The highest BCUT2D eigenvalue weighted by Crippen LogP contribution is 2.40. The first-order valence-electron chi connectivity index (χ1n) is 14.5. The van der Waals surface area contributed by atoms with Crippen LogP contribution in [0.3, 0.4) is 0 Å². The van der Waals surface area contributed by atoms with Gasteiger partial charge in [0.05, 0.1) is 24.1 Å². The fraction of sp³-hybridized carbons (Fsp3) is 0.452. The van der Waals surface area contributed by atoms with E-state index >= 15 is 0 Å². The van der Waals surface area contributed by atoms with E-state index in [4.69, 9.17) is 9.72 Å². The molecule has 214 valence electrons. The van der Waals surface area contributed by atoms with Gasteiger partial charge in [0.25, 0.3) is 0 Å². The molecule has 1 aromatic carbocycles. The van der Waals surface area contributed by atoms with Gasteiger partial charge in [0, 0.05) is 48.3 Å². The molecule has 4 heterocycles. The predicted octanol–water partition coefficient (Wildman–Crippen LogP) is 5.54. The molecule has 2 amide bonds. The summed E-state index contributed by atoms with van der Waals surface area (Å²) in [5.74, 6) is -1.03. The Balaban J connectivity index is 1.25. The minimum Gasteiger partial charge on any atom is -0.481 e. The molecule has 1 N–H and O–H groups in total. The van der Waals surface area contributed by atoms with Crippen LogP contribution in [0.1, 0.15) is 57.8 Å². The van der Waals surface area contributed by atoms with Crippen LogP contribution < -0.4 is 9.80 Å². The van der Waals surface area contributed by atoms with Gasteiger partial charge in [-0.2, -0.15) is 0 Å². The van der Waals surface area contributed by atoms with Crippen molar-refractivity contribution in [2.45, 2.75) is 69.9 Å². The highest BCUT2D eigenvalue weighted by molar-refractivity contribution is 7.14. The number of aromatic nitrogens is 2. The number of hydrogen-bond donors (Lipinski definition) is 1. The van der Waals surface area contributed by atoms with E-state index < -0.39 is 11.9 Å². The summed E-state index contributed by atoms with van der Waals surface area (Å²) < 4.78 is 5.86. The molecule has 3 aliphatic rings. The van der Waals surface area contributed by atoms with Crippen molar-refractivity contribution in [2.75, 3.05) is 23.0 Å². The maximum absolute atomic E-state index is 13.9. The molecule has 2 saturated heterocycles. The number of thiazole rings is 1. The van der Waals surface area contributed by atoms with E-state index in [9.17, 15) is 19.5 Å². The molecule has 2 atom stereocenters. The molecule has 0 unspecified atom stereocenters. The Labute approximate surface area is 243 Å². The van der Waals surface area contributed by atoms with Gasteiger partial charge in [-0.1, -0.05) is 24.3 Å². The third kappa shape index (κ3) is 6.18. The number of amides is 2. The fourth-order valence-corrected chi connectivity index (χ4v) is 6.71. The second kappa shape index (κ2) is 12.1. The minimum atomic E-state index is -0.975. The minimum absolute atomic E-state index is 0.0466. The molecule has 9 nitrogen and oxygen atoms in total. The van der Waals surface area contributed by atoms with E-state index in [1.54, 1.807) is 16.0 Å². The van der Waals surface area contributed by atoms with E-state index in [0.29, 0.717) is 36.9 Å². The summed E-state index contributed by atoms with van der Waals surface area (Å²) in [6.45, 7) is 1.36. The average Bonchev–Trinajstić information content (AvgIpc) is 3.53. The van der Waals surface area contributed by atoms with Crippen LogP contribution in [0.25, 0.3) is 22.4 Å². The summed E-state index contributed by atoms with van der Waals surface area (Å²) in [6.07, 6.45) is 7.98. The highest BCUT2D eigenvalue weighted by Gasteiger charge is 2.40. The number of aliphatic carboxylic acids is 1. The van der Waals surface area contributed by atoms with Crippen molar-refractivity contribution in [3.63, 3.8) is 0 Å². The lowest BCUT2D eigenvalue weighted by molar-refractivity contribution is -0.141. The molecule has 1 aliphatic carbocycles. The Morgan fingerprint density at radius 3 is 2.59 bits per heavy atom. The second-order valence-corrected chi connectivity index (χ2v) is 11.9. The summed E-state index contributed by atoms with van der Waals surface area (Å²) in [7, 11) is 0. The van der Waals surface area contributed by atoms with Crippen LogP contribution >= 0.6 is 11.3 Å². The van der Waals surface area contributed by atoms with Crippen LogP contribution in [0, 0.1) is 5.92 Å². The van der Waals surface area contributed by atoms with Crippen molar-refractivity contribution in [3.8, 4) is 22.4 Å². The summed E-state index contributed by atoms with van der Waals surface area (Å²) >= 11 is 1.41. The molecule has 0 spiro atoms. The third-order valence-electron chi connectivity index (χ3n) is 8.05. The van der Waals surface area contributed by atoms with Crippen molar-refractivity contribution >= 4 is 40.1 Å². The van der Waals surface area contributed by atoms with Crippen LogP contribution in [-0.4, -0.2) is 58.2 Å². The predicted molar refractivity (Wildman–Crippen MR) is 157 cm³/mol. The van der Waals surface area contributed by atoms with Gasteiger partial charge < -0.3 is 9.84 Å². The zero-order valence-corrected chi connectivity index (χ0v) is 23.7. The Morgan fingerprint density at radius 1 is 1.10 bits per heavy atom. The maximum Gasteiger partial charge on any atom is 0.304 e. The SMILES string of the molecule is O=C(O)C[C@@H](C[C@@H]1CCCCO1)C(=O)N(c1nc(-c2ccccc2-c2ccc(N3CCCC3=O)nc2)cs1)C1CC1. The van der Waals surface area contributed by atoms with Gasteiger partial charge in [-0.05, 0) is 62.6 Å². The van der Waals surface area contributed by atoms with E-state index in [1.165, 1.54) is 11.3 Å². The summed E-state index contributed by atoms with van der Waals surface area (Å²) in [4.78, 5) is 50.7. The lowest BCUT2D eigenvalue weighted by atomic mass is 9.93. The van der Waals surface area contributed by atoms with Crippen LogP contribution in [0.4, 0.5) is 10.9 Å².